The summed E-state index contributed by atoms with van der Waals surface area (Å²) in [5.41, 5.74) is 1.14. The first-order valence-electron chi connectivity index (χ1n) is 6.61. The van der Waals surface area contributed by atoms with Crippen molar-refractivity contribution in [2.75, 3.05) is 19.7 Å². The van der Waals surface area contributed by atoms with Crippen LogP contribution in [-0.4, -0.2) is 37.8 Å². The quantitative estimate of drug-likeness (QED) is 0.783. The van der Waals surface area contributed by atoms with Crippen LogP contribution in [0.3, 0.4) is 0 Å². The minimum atomic E-state index is -0.452. The fourth-order valence-corrected chi connectivity index (χ4v) is 2.00. The summed E-state index contributed by atoms with van der Waals surface area (Å²) < 4.78 is 10.4. The van der Waals surface area contributed by atoms with E-state index in [2.05, 4.69) is 10.6 Å². The third kappa shape index (κ3) is 3.88. The zero-order valence-electron chi connectivity index (χ0n) is 11.3. The minimum Gasteiger partial charge on any atom is -0.488 e. The summed E-state index contributed by atoms with van der Waals surface area (Å²) >= 11 is 0. The molecule has 1 unspecified atom stereocenters. The van der Waals surface area contributed by atoms with Crippen LogP contribution in [0.5, 0.6) is 5.75 Å². The van der Waals surface area contributed by atoms with Gasteiger partial charge in [-0.1, -0.05) is 18.2 Å². The first-order valence-corrected chi connectivity index (χ1v) is 6.61. The number of amides is 2. The van der Waals surface area contributed by atoms with Crippen molar-refractivity contribution in [3.8, 4) is 5.75 Å². The highest BCUT2D eigenvalue weighted by Crippen LogP contribution is 2.27. The third-order valence-electron chi connectivity index (χ3n) is 2.90. The molecule has 0 aromatic heterocycles. The Balaban J connectivity index is 1.67. The number of nitrogens with one attached hydrogen (secondary N) is 2. The highest BCUT2D eigenvalue weighted by atomic mass is 16.5. The molecule has 1 heterocycles. The van der Waals surface area contributed by atoms with Gasteiger partial charge in [-0.3, -0.25) is 4.79 Å². The standard InChI is InChI=1S/C14H18N2O4/c1-2-19-13(17)9-16-14(18)15-8-11-7-10-5-3-4-6-12(10)20-11/h3-6,11H,2,7-9H2,1H3,(H2,15,16,18). The first-order chi connectivity index (χ1) is 9.69. The maximum atomic E-state index is 11.5. The van der Waals surface area contributed by atoms with Crippen LogP contribution in [0.25, 0.3) is 0 Å². The number of benzene rings is 1. The molecule has 108 valence electrons. The number of urea groups is 1. The predicted molar refractivity (Wildman–Crippen MR) is 72.6 cm³/mol. The Labute approximate surface area is 117 Å². The van der Waals surface area contributed by atoms with Gasteiger partial charge in [-0.15, -0.1) is 0 Å². The van der Waals surface area contributed by atoms with E-state index in [-0.39, 0.29) is 12.6 Å². The van der Waals surface area contributed by atoms with Crippen molar-refractivity contribution in [3.05, 3.63) is 29.8 Å². The minimum absolute atomic E-state index is 0.0688. The summed E-state index contributed by atoms with van der Waals surface area (Å²) in [7, 11) is 0. The maximum Gasteiger partial charge on any atom is 0.325 e. The average Bonchev–Trinajstić information content (AvgIpc) is 2.86. The Bertz CT molecular complexity index is 465. The fraction of sp³-hybridized carbons (Fsp3) is 0.429. The van der Waals surface area contributed by atoms with Crippen LogP contribution in [0, 0.1) is 0 Å². The Morgan fingerprint density at radius 2 is 2.15 bits per heavy atom. The Morgan fingerprint density at radius 3 is 2.90 bits per heavy atom. The van der Waals surface area contributed by atoms with Gasteiger partial charge in [0, 0.05) is 6.42 Å². The van der Waals surface area contributed by atoms with E-state index >= 15 is 0 Å². The zero-order valence-corrected chi connectivity index (χ0v) is 11.3. The lowest BCUT2D eigenvalue weighted by atomic mass is 10.1. The molecule has 0 bridgehead atoms. The van der Waals surface area contributed by atoms with Gasteiger partial charge in [-0.25, -0.2) is 4.79 Å². The number of hydrogen-bond acceptors (Lipinski definition) is 4. The van der Waals surface area contributed by atoms with Gasteiger partial charge in [0.2, 0.25) is 0 Å². The Kier molecular flexibility index (Phi) is 4.81. The third-order valence-corrected chi connectivity index (χ3v) is 2.90. The van der Waals surface area contributed by atoms with Crippen LogP contribution in [0.2, 0.25) is 0 Å². The number of esters is 1. The van der Waals surface area contributed by atoms with Gasteiger partial charge >= 0.3 is 12.0 Å². The van der Waals surface area contributed by atoms with Crippen LogP contribution in [0.1, 0.15) is 12.5 Å². The fourth-order valence-electron chi connectivity index (χ4n) is 2.00. The number of fused-ring (bicyclic) bond motifs is 1. The smallest absolute Gasteiger partial charge is 0.325 e. The van der Waals surface area contributed by atoms with E-state index < -0.39 is 12.0 Å². The highest BCUT2D eigenvalue weighted by Gasteiger charge is 2.22. The van der Waals surface area contributed by atoms with Gasteiger partial charge in [0.25, 0.3) is 0 Å². The number of carbonyl (C=O) groups is 2. The van der Waals surface area contributed by atoms with Crippen molar-refractivity contribution < 1.29 is 19.1 Å². The van der Waals surface area contributed by atoms with Crippen LogP contribution in [0.15, 0.2) is 24.3 Å². The molecule has 2 rings (SSSR count). The van der Waals surface area contributed by atoms with Crippen molar-refractivity contribution in [3.63, 3.8) is 0 Å². The lowest BCUT2D eigenvalue weighted by molar-refractivity contribution is -0.141. The topological polar surface area (TPSA) is 76.7 Å². The molecule has 0 fully saturated rings. The van der Waals surface area contributed by atoms with E-state index in [1.54, 1.807) is 6.92 Å². The molecule has 2 N–H and O–H groups in total. The molecule has 0 spiro atoms. The van der Waals surface area contributed by atoms with Gasteiger partial charge < -0.3 is 20.1 Å². The summed E-state index contributed by atoms with van der Waals surface area (Å²) in [5.74, 6) is 0.415. The number of ether oxygens (including phenoxy) is 2. The lowest BCUT2D eigenvalue weighted by Gasteiger charge is -2.12. The molecule has 1 aromatic carbocycles. The molecule has 0 saturated heterocycles. The van der Waals surface area contributed by atoms with Gasteiger partial charge in [0.1, 0.15) is 18.4 Å². The van der Waals surface area contributed by atoms with Crippen molar-refractivity contribution >= 4 is 12.0 Å². The first kappa shape index (κ1) is 14.2. The van der Waals surface area contributed by atoms with Crippen molar-refractivity contribution in [1.29, 1.82) is 0 Å². The van der Waals surface area contributed by atoms with E-state index in [9.17, 15) is 9.59 Å². The SMILES string of the molecule is CCOC(=O)CNC(=O)NCC1Cc2ccccc2O1. The van der Waals surface area contributed by atoms with Gasteiger partial charge in [-0.05, 0) is 18.6 Å². The molecular formula is C14H18N2O4. The highest BCUT2D eigenvalue weighted by molar-refractivity contribution is 5.80. The van der Waals surface area contributed by atoms with Gasteiger partial charge in [0.15, 0.2) is 0 Å². The van der Waals surface area contributed by atoms with Crippen molar-refractivity contribution in [1.82, 2.24) is 10.6 Å². The van der Waals surface area contributed by atoms with Crippen LogP contribution >= 0.6 is 0 Å². The zero-order chi connectivity index (χ0) is 14.4. The molecule has 2 amide bonds. The average molecular weight is 278 g/mol. The lowest BCUT2D eigenvalue weighted by Crippen LogP contribution is -2.43. The Morgan fingerprint density at radius 1 is 1.35 bits per heavy atom. The van der Waals surface area contributed by atoms with Gasteiger partial charge in [-0.2, -0.15) is 0 Å². The second kappa shape index (κ2) is 6.79. The summed E-state index contributed by atoms with van der Waals surface area (Å²) in [4.78, 5) is 22.6. The largest absolute Gasteiger partial charge is 0.488 e. The Hall–Kier alpha value is -2.24. The molecule has 20 heavy (non-hydrogen) atoms. The molecule has 1 aliphatic rings. The number of para-hydroxylation sites is 1. The molecule has 6 heteroatoms. The predicted octanol–water partition coefficient (Wildman–Crippen LogP) is 0.852. The molecule has 1 aliphatic heterocycles. The summed E-state index contributed by atoms with van der Waals surface area (Å²) in [6.07, 6.45) is 0.703. The number of rotatable bonds is 5. The number of carbonyl (C=O) groups excluding carboxylic acids is 2. The van der Waals surface area contributed by atoms with Crippen molar-refractivity contribution in [2.24, 2.45) is 0 Å². The molecule has 0 radical (unpaired) electrons. The molecule has 0 aliphatic carbocycles. The second-order valence-electron chi connectivity index (χ2n) is 4.42. The van der Waals surface area contributed by atoms with Gasteiger partial charge in [0.05, 0.1) is 13.2 Å². The van der Waals surface area contributed by atoms with E-state index in [4.69, 9.17) is 9.47 Å². The molecule has 1 aromatic rings. The van der Waals surface area contributed by atoms with E-state index in [0.717, 1.165) is 17.7 Å². The van der Waals surface area contributed by atoms with E-state index in [0.29, 0.717) is 13.2 Å². The maximum absolute atomic E-state index is 11.5. The van der Waals surface area contributed by atoms with Crippen LogP contribution < -0.4 is 15.4 Å². The monoisotopic (exact) mass is 278 g/mol. The molecule has 1 atom stereocenters. The normalized spacial score (nSPS) is 15.9. The summed E-state index contributed by atoms with van der Waals surface area (Å²) in [6, 6.07) is 7.40. The van der Waals surface area contributed by atoms with E-state index in [1.807, 2.05) is 24.3 Å². The van der Waals surface area contributed by atoms with Crippen LogP contribution in [-0.2, 0) is 16.0 Å². The molecular weight excluding hydrogens is 260 g/mol. The molecule has 6 nitrogen and oxygen atoms in total. The molecule has 0 saturated carbocycles. The number of hydrogen-bond donors (Lipinski definition) is 2. The van der Waals surface area contributed by atoms with Crippen LogP contribution in [0.4, 0.5) is 4.79 Å². The summed E-state index contributed by atoms with van der Waals surface area (Å²) in [6.45, 7) is 2.28. The second-order valence-corrected chi connectivity index (χ2v) is 4.42. The van der Waals surface area contributed by atoms with Crippen molar-refractivity contribution in [2.45, 2.75) is 19.4 Å². The summed E-state index contributed by atoms with van der Waals surface area (Å²) in [5, 5.41) is 5.11. The van der Waals surface area contributed by atoms with E-state index in [1.165, 1.54) is 0 Å².